The van der Waals surface area contributed by atoms with Crippen LogP contribution in [0.5, 0.6) is 0 Å². The molecular formula is C15H14FN. The highest BCUT2D eigenvalue weighted by molar-refractivity contribution is 5.51. The third kappa shape index (κ3) is 3.02. The van der Waals surface area contributed by atoms with Crippen LogP contribution in [-0.2, 0) is 0 Å². The Morgan fingerprint density at radius 2 is 1.59 bits per heavy atom. The van der Waals surface area contributed by atoms with Crippen molar-refractivity contribution in [1.29, 1.82) is 0 Å². The van der Waals surface area contributed by atoms with E-state index in [1.54, 1.807) is 30.4 Å². The highest BCUT2D eigenvalue weighted by Gasteiger charge is 2.01. The van der Waals surface area contributed by atoms with E-state index in [4.69, 9.17) is 5.73 Å². The van der Waals surface area contributed by atoms with E-state index in [2.05, 4.69) is 0 Å². The maximum Gasteiger partial charge on any atom is 0.130 e. The molecule has 2 aromatic carbocycles. The molecule has 1 nitrogen and oxygen atoms in total. The van der Waals surface area contributed by atoms with Crippen LogP contribution in [0.15, 0.2) is 60.7 Å². The standard InChI is InChI=1S/C15H14FN/c16-14-9-5-4-6-12(14)10-11-15(17)13-7-2-1-3-8-13/h1-11,15H,17H2/t15-/m0/s1. The molecule has 0 heterocycles. The Morgan fingerprint density at radius 3 is 2.29 bits per heavy atom. The predicted octanol–water partition coefficient (Wildman–Crippen LogP) is 3.54. The maximum atomic E-state index is 13.4. The van der Waals surface area contributed by atoms with Gasteiger partial charge in [-0.25, -0.2) is 4.39 Å². The zero-order valence-electron chi connectivity index (χ0n) is 9.38. The van der Waals surface area contributed by atoms with Crippen LogP contribution >= 0.6 is 0 Å². The Bertz CT molecular complexity index is 505. The Morgan fingerprint density at radius 1 is 0.941 bits per heavy atom. The lowest BCUT2D eigenvalue weighted by atomic mass is 10.1. The average molecular weight is 227 g/mol. The van der Waals surface area contributed by atoms with Gasteiger partial charge >= 0.3 is 0 Å². The van der Waals surface area contributed by atoms with Crippen LogP contribution in [-0.4, -0.2) is 0 Å². The van der Waals surface area contributed by atoms with Gasteiger partial charge in [-0.15, -0.1) is 0 Å². The van der Waals surface area contributed by atoms with E-state index in [0.717, 1.165) is 5.56 Å². The molecule has 0 aliphatic rings. The molecule has 0 bridgehead atoms. The van der Waals surface area contributed by atoms with Gasteiger partial charge in [-0.1, -0.05) is 60.7 Å². The summed E-state index contributed by atoms with van der Waals surface area (Å²) >= 11 is 0. The summed E-state index contributed by atoms with van der Waals surface area (Å²) in [6.45, 7) is 0. The van der Waals surface area contributed by atoms with Crippen LogP contribution in [0.1, 0.15) is 17.2 Å². The molecule has 2 heteroatoms. The van der Waals surface area contributed by atoms with Crippen LogP contribution in [0.2, 0.25) is 0 Å². The van der Waals surface area contributed by atoms with Gasteiger partial charge in [0, 0.05) is 11.6 Å². The Labute approximate surface area is 100 Å². The van der Waals surface area contributed by atoms with Gasteiger partial charge in [-0.2, -0.15) is 0 Å². The molecule has 1 atom stereocenters. The quantitative estimate of drug-likeness (QED) is 0.852. The van der Waals surface area contributed by atoms with E-state index < -0.39 is 0 Å². The van der Waals surface area contributed by atoms with Crippen LogP contribution in [0.25, 0.3) is 6.08 Å². The molecule has 0 saturated heterocycles. The first-order chi connectivity index (χ1) is 8.27. The highest BCUT2D eigenvalue weighted by atomic mass is 19.1. The van der Waals surface area contributed by atoms with Crippen LogP contribution in [0.3, 0.4) is 0 Å². The summed E-state index contributed by atoms with van der Waals surface area (Å²) in [5.74, 6) is -0.232. The molecule has 2 N–H and O–H groups in total. The summed E-state index contributed by atoms with van der Waals surface area (Å²) in [5.41, 5.74) is 7.55. The molecule has 0 spiro atoms. The first kappa shape index (κ1) is 11.6. The van der Waals surface area contributed by atoms with Gasteiger partial charge in [0.1, 0.15) is 5.82 Å². The Hall–Kier alpha value is -1.93. The van der Waals surface area contributed by atoms with E-state index >= 15 is 0 Å². The topological polar surface area (TPSA) is 26.0 Å². The second-order valence-corrected chi connectivity index (χ2v) is 3.82. The molecule has 2 aromatic rings. The zero-order valence-corrected chi connectivity index (χ0v) is 9.38. The molecule has 17 heavy (non-hydrogen) atoms. The van der Waals surface area contributed by atoms with Gasteiger partial charge in [-0.05, 0) is 11.6 Å². The number of nitrogens with two attached hydrogens (primary N) is 1. The van der Waals surface area contributed by atoms with E-state index in [9.17, 15) is 4.39 Å². The number of halogens is 1. The van der Waals surface area contributed by atoms with Crippen molar-refractivity contribution in [3.05, 3.63) is 77.6 Å². The molecule has 0 saturated carbocycles. The smallest absolute Gasteiger partial charge is 0.130 e. The van der Waals surface area contributed by atoms with Crippen molar-refractivity contribution in [3.8, 4) is 0 Å². The summed E-state index contributed by atoms with van der Waals surface area (Å²) in [4.78, 5) is 0. The highest BCUT2D eigenvalue weighted by Crippen LogP contribution is 2.14. The molecule has 0 fully saturated rings. The van der Waals surface area contributed by atoms with E-state index in [1.807, 2.05) is 30.3 Å². The van der Waals surface area contributed by atoms with Crippen molar-refractivity contribution < 1.29 is 4.39 Å². The number of benzene rings is 2. The molecule has 0 unspecified atom stereocenters. The summed E-state index contributed by atoms with van der Waals surface area (Å²) < 4.78 is 13.4. The van der Waals surface area contributed by atoms with Crippen LogP contribution in [0, 0.1) is 5.82 Å². The van der Waals surface area contributed by atoms with Gasteiger partial charge in [0.15, 0.2) is 0 Å². The van der Waals surface area contributed by atoms with Gasteiger partial charge < -0.3 is 5.73 Å². The fraction of sp³-hybridized carbons (Fsp3) is 0.0667. The molecular weight excluding hydrogens is 213 g/mol. The van der Waals surface area contributed by atoms with Crippen molar-refractivity contribution in [2.24, 2.45) is 5.73 Å². The minimum absolute atomic E-state index is 0.212. The van der Waals surface area contributed by atoms with Crippen molar-refractivity contribution >= 4 is 6.08 Å². The Balaban J connectivity index is 2.14. The lowest BCUT2D eigenvalue weighted by Crippen LogP contribution is -2.06. The molecule has 0 amide bonds. The van der Waals surface area contributed by atoms with Crippen molar-refractivity contribution in [1.82, 2.24) is 0 Å². The Kier molecular flexibility index (Phi) is 3.68. The fourth-order valence-electron chi connectivity index (χ4n) is 1.60. The molecule has 0 aliphatic heterocycles. The lowest BCUT2D eigenvalue weighted by Gasteiger charge is -2.06. The second kappa shape index (κ2) is 5.41. The van der Waals surface area contributed by atoms with Gasteiger partial charge in [0.05, 0.1) is 0 Å². The van der Waals surface area contributed by atoms with Crippen LogP contribution in [0.4, 0.5) is 4.39 Å². The van der Waals surface area contributed by atoms with Crippen molar-refractivity contribution in [2.75, 3.05) is 0 Å². The molecule has 0 aliphatic carbocycles. The first-order valence-corrected chi connectivity index (χ1v) is 5.50. The fourth-order valence-corrected chi connectivity index (χ4v) is 1.60. The minimum Gasteiger partial charge on any atom is -0.321 e. The van der Waals surface area contributed by atoms with Gasteiger partial charge in [0.2, 0.25) is 0 Å². The summed E-state index contributed by atoms with van der Waals surface area (Å²) in [5, 5.41) is 0. The van der Waals surface area contributed by atoms with E-state index in [0.29, 0.717) is 5.56 Å². The van der Waals surface area contributed by atoms with Crippen molar-refractivity contribution in [3.63, 3.8) is 0 Å². The van der Waals surface area contributed by atoms with Crippen LogP contribution < -0.4 is 5.73 Å². The molecule has 0 aromatic heterocycles. The molecule has 2 rings (SSSR count). The predicted molar refractivity (Wildman–Crippen MR) is 68.8 cm³/mol. The minimum atomic E-state index is -0.232. The zero-order chi connectivity index (χ0) is 12.1. The first-order valence-electron chi connectivity index (χ1n) is 5.50. The monoisotopic (exact) mass is 227 g/mol. The third-order valence-electron chi connectivity index (χ3n) is 2.57. The number of hydrogen-bond donors (Lipinski definition) is 1. The largest absolute Gasteiger partial charge is 0.321 e. The third-order valence-corrected chi connectivity index (χ3v) is 2.57. The summed E-state index contributed by atoms with van der Waals surface area (Å²) in [6, 6.07) is 16.1. The number of rotatable bonds is 3. The van der Waals surface area contributed by atoms with E-state index in [-0.39, 0.29) is 11.9 Å². The van der Waals surface area contributed by atoms with Gasteiger partial charge in [0.25, 0.3) is 0 Å². The summed E-state index contributed by atoms with van der Waals surface area (Å²) in [6.07, 6.45) is 3.51. The SMILES string of the molecule is N[C@@H](C=Cc1ccccc1F)c1ccccc1. The normalized spacial score (nSPS) is 12.8. The maximum absolute atomic E-state index is 13.4. The van der Waals surface area contributed by atoms with E-state index in [1.165, 1.54) is 6.07 Å². The summed E-state index contributed by atoms with van der Waals surface area (Å²) in [7, 11) is 0. The second-order valence-electron chi connectivity index (χ2n) is 3.82. The molecule has 86 valence electrons. The van der Waals surface area contributed by atoms with Gasteiger partial charge in [-0.3, -0.25) is 0 Å². The number of hydrogen-bond acceptors (Lipinski definition) is 1. The average Bonchev–Trinajstić information content (AvgIpc) is 2.38. The van der Waals surface area contributed by atoms with Crippen molar-refractivity contribution in [2.45, 2.75) is 6.04 Å². The lowest BCUT2D eigenvalue weighted by molar-refractivity contribution is 0.625. The molecule has 0 radical (unpaired) electrons.